The van der Waals surface area contributed by atoms with E-state index in [0.29, 0.717) is 6.54 Å². The van der Waals surface area contributed by atoms with Gasteiger partial charge in [-0.05, 0) is 18.4 Å². The van der Waals surface area contributed by atoms with Gasteiger partial charge in [0.2, 0.25) is 0 Å². The summed E-state index contributed by atoms with van der Waals surface area (Å²) in [7, 11) is 0. The molecule has 5 nitrogen and oxygen atoms in total. The molecule has 1 atom stereocenters. The Labute approximate surface area is 107 Å². The average Bonchev–Trinajstić information content (AvgIpc) is 2.72. The van der Waals surface area contributed by atoms with Gasteiger partial charge in [0.25, 0.3) is 5.56 Å². The molecule has 5 heteroatoms. The number of hydrogen-bond donors (Lipinski definition) is 2. The maximum Gasteiger partial charge on any atom is 0.252 e. The molecule has 0 aliphatic carbocycles. The second-order valence-corrected chi connectivity index (χ2v) is 5.83. The van der Waals surface area contributed by atoms with Crippen molar-refractivity contribution in [3.05, 3.63) is 22.2 Å². The number of nitrogens with two attached hydrogens (primary N) is 1. The summed E-state index contributed by atoms with van der Waals surface area (Å²) in [6.45, 7) is 8.69. The molecule has 100 valence electrons. The lowest BCUT2D eigenvalue weighted by Gasteiger charge is -2.23. The van der Waals surface area contributed by atoms with Crippen LogP contribution in [0.5, 0.6) is 0 Å². The summed E-state index contributed by atoms with van der Waals surface area (Å²) in [4.78, 5) is 21.1. The summed E-state index contributed by atoms with van der Waals surface area (Å²) in [6, 6.07) is 1.58. The minimum atomic E-state index is -0.0787. The minimum absolute atomic E-state index is 0.0787. The summed E-state index contributed by atoms with van der Waals surface area (Å²) in [5.41, 5.74) is 5.86. The number of anilines is 1. The number of aromatic amines is 1. The summed E-state index contributed by atoms with van der Waals surface area (Å²) in [6.07, 6.45) is 1.05. The van der Waals surface area contributed by atoms with Gasteiger partial charge in [-0.2, -0.15) is 0 Å². The molecule has 1 fully saturated rings. The Bertz CT molecular complexity index is 482. The fourth-order valence-electron chi connectivity index (χ4n) is 2.28. The average molecular weight is 250 g/mol. The lowest BCUT2D eigenvalue weighted by Crippen LogP contribution is -2.32. The molecule has 0 spiro atoms. The Balaban J connectivity index is 2.27. The van der Waals surface area contributed by atoms with Crippen molar-refractivity contribution in [2.45, 2.75) is 33.1 Å². The fraction of sp³-hybridized carbons (Fsp3) is 0.692. The monoisotopic (exact) mass is 250 g/mol. The van der Waals surface area contributed by atoms with Crippen molar-refractivity contribution in [3.63, 3.8) is 0 Å². The Morgan fingerprint density at radius 3 is 2.89 bits per heavy atom. The van der Waals surface area contributed by atoms with E-state index in [1.54, 1.807) is 6.07 Å². The predicted molar refractivity (Wildman–Crippen MR) is 72.9 cm³/mol. The zero-order valence-electron chi connectivity index (χ0n) is 11.4. The summed E-state index contributed by atoms with van der Waals surface area (Å²) < 4.78 is 0. The van der Waals surface area contributed by atoms with Crippen molar-refractivity contribution in [1.29, 1.82) is 0 Å². The fourth-order valence-corrected chi connectivity index (χ4v) is 2.28. The molecule has 0 saturated carbocycles. The van der Waals surface area contributed by atoms with Gasteiger partial charge in [0.05, 0.1) is 0 Å². The standard InChI is InChI=1S/C13H22N4O/c1-9(2)12-15-10(6-11(18)16-12)17-5-4-13(3,7-14)8-17/h6,9H,4-5,7-8,14H2,1-3H3,(H,15,16,18). The van der Waals surface area contributed by atoms with Crippen molar-refractivity contribution in [2.75, 3.05) is 24.5 Å². The zero-order chi connectivity index (χ0) is 13.3. The molecule has 2 heterocycles. The molecule has 1 saturated heterocycles. The number of hydrogen-bond acceptors (Lipinski definition) is 4. The molecule has 0 amide bonds. The summed E-state index contributed by atoms with van der Waals surface area (Å²) in [5.74, 6) is 1.75. The van der Waals surface area contributed by atoms with Crippen LogP contribution in [0.3, 0.4) is 0 Å². The van der Waals surface area contributed by atoms with Crippen molar-refractivity contribution < 1.29 is 0 Å². The second kappa shape index (κ2) is 4.72. The van der Waals surface area contributed by atoms with E-state index >= 15 is 0 Å². The molecule has 2 rings (SSSR count). The van der Waals surface area contributed by atoms with Gasteiger partial charge in [0.15, 0.2) is 0 Å². The molecular weight excluding hydrogens is 228 g/mol. The summed E-state index contributed by atoms with van der Waals surface area (Å²) >= 11 is 0. The number of aromatic nitrogens is 2. The van der Waals surface area contributed by atoms with Crippen LogP contribution < -0.4 is 16.2 Å². The van der Waals surface area contributed by atoms with Gasteiger partial charge < -0.3 is 15.6 Å². The molecule has 1 aliphatic rings. The van der Waals surface area contributed by atoms with Crippen LogP contribution in [0.15, 0.2) is 10.9 Å². The first-order valence-electron chi connectivity index (χ1n) is 6.50. The first kappa shape index (κ1) is 13.1. The van der Waals surface area contributed by atoms with Gasteiger partial charge in [-0.1, -0.05) is 20.8 Å². The number of rotatable bonds is 3. The highest BCUT2D eigenvalue weighted by Crippen LogP contribution is 2.31. The Kier molecular flexibility index (Phi) is 3.43. The van der Waals surface area contributed by atoms with Crippen LogP contribution in [-0.2, 0) is 0 Å². The third-order valence-corrected chi connectivity index (χ3v) is 3.67. The third kappa shape index (κ3) is 2.56. The number of nitrogens with one attached hydrogen (secondary N) is 1. The minimum Gasteiger partial charge on any atom is -0.356 e. The summed E-state index contributed by atoms with van der Waals surface area (Å²) in [5, 5.41) is 0. The SMILES string of the molecule is CC(C)c1nc(N2CCC(C)(CN)C2)cc(=O)[nH]1. The van der Waals surface area contributed by atoms with Crippen LogP contribution in [0.4, 0.5) is 5.82 Å². The Morgan fingerprint density at radius 1 is 1.61 bits per heavy atom. The molecule has 18 heavy (non-hydrogen) atoms. The van der Waals surface area contributed by atoms with E-state index in [4.69, 9.17) is 5.73 Å². The predicted octanol–water partition coefficient (Wildman–Crippen LogP) is 1.07. The van der Waals surface area contributed by atoms with Gasteiger partial charge in [0.1, 0.15) is 11.6 Å². The first-order chi connectivity index (χ1) is 8.43. The van der Waals surface area contributed by atoms with Gasteiger partial charge in [-0.15, -0.1) is 0 Å². The van der Waals surface area contributed by atoms with Gasteiger partial charge >= 0.3 is 0 Å². The van der Waals surface area contributed by atoms with E-state index in [-0.39, 0.29) is 16.9 Å². The third-order valence-electron chi connectivity index (χ3n) is 3.67. The van der Waals surface area contributed by atoms with Gasteiger partial charge in [-0.3, -0.25) is 4.79 Å². The molecule has 0 bridgehead atoms. The molecule has 3 N–H and O–H groups in total. The van der Waals surface area contributed by atoms with E-state index < -0.39 is 0 Å². The lowest BCUT2D eigenvalue weighted by atomic mass is 9.90. The van der Waals surface area contributed by atoms with Crippen molar-refractivity contribution >= 4 is 5.82 Å². The maximum absolute atomic E-state index is 11.7. The van der Waals surface area contributed by atoms with E-state index in [2.05, 4.69) is 21.8 Å². The zero-order valence-corrected chi connectivity index (χ0v) is 11.4. The molecule has 1 unspecified atom stereocenters. The van der Waals surface area contributed by atoms with E-state index in [0.717, 1.165) is 31.2 Å². The van der Waals surface area contributed by atoms with Crippen LogP contribution in [0.1, 0.15) is 38.9 Å². The molecule has 0 radical (unpaired) electrons. The second-order valence-electron chi connectivity index (χ2n) is 5.83. The van der Waals surface area contributed by atoms with Crippen LogP contribution in [-0.4, -0.2) is 29.6 Å². The van der Waals surface area contributed by atoms with Crippen molar-refractivity contribution in [2.24, 2.45) is 11.1 Å². The quantitative estimate of drug-likeness (QED) is 0.841. The molecule has 0 aromatic carbocycles. The van der Waals surface area contributed by atoms with Crippen LogP contribution >= 0.6 is 0 Å². The smallest absolute Gasteiger partial charge is 0.252 e. The van der Waals surface area contributed by atoms with E-state index in [1.807, 2.05) is 13.8 Å². The van der Waals surface area contributed by atoms with Crippen molar-refractivity contribution in [3.8, 4) is 0 Å². The number of nitrogens with zero attached hydrogens (tertiary/aromatic N) is 2. The largest absolute Gasteiger partial charge is 0.356 e. The highest BCUT2D eigenvalue weighted by atomic mass is 16.1. The van der Waals surface area contributed by atoms with Crippen LogP contribution in [0.2, 0.25) is 0 Å². The van der Waals surface area contributed by atoms with Crippen molar-refractivity contribution in [1.82, 2.24) is 9.97 Å². The molecule has 1 aromatic heterocycles. The van der Waals surface area contributed by atoms with Crippen LogP contribution in [0, 0.1) is 5.41 Å². The van der Waals surface area contributed by atoms with Gasteiger partial charge in [-0.25, -0.2) is 4.98 Å². The topological polar surface area (TPSA) is 75.0 Å². The Morgan fingerprint density at radius 2 is 2.33 bits per heavy atom. The number of H-pyrrole nitrogens is 1. The molecule has 1 aromatic rings. The highest BCUT2D eigenvalue weighted by molar-refractivity contribution is 5.39. The van der Waals surface area contributed by atoms with E-state index in [9.17, 15) is 4.79 Å². The van der Waals surface area contributed by atoms with Gasteiger partial charge in [0, 0.05) is 25.1 Å². The highest BCUT2D eigenvalue weighted by Gasteiger charge is 2.33. The lowest BCUT2D eigenvalue weighted by molar-refractivity contribution is 0.383. The maximum atomic E-state index is 11.7. The molecule has 1 aliphatic heterocycles. The molecular formula is C13H22N4O. The van der Waals surface area contributed by atoms with Crippen LogP contribution in [0.25, 0.3) is 0 Å². The van der Waals surface area contributed by atoms with E-state index in [1.165, 1.54) is 0 Å². The normalized spacial score (nSPS) is 23.9. The first-order valence-corrected chi connectivity index (χ1v) is 6.50. The Hall–Kier alpha value is -1.36.